The molecule has 16 heavy (non-hydrogen) atoms. The molecule has 0 radical (unpaired) electrons. The van der Waals surface area contributed by atoms with Crippen LogP contribution in [0.3, 0.4) is 0 Å². The Labute approximate surface area is 105 Å². The van der Waals surface area contributed by atoms with Crippen LogP contribution in [-0.4, -0.2) is 11.7 Å². The van der Waals surface area contributed by atoms with Crippen molar-refractivity contribution in [1.29, 1.82) is 0 Å². The zero-order valence-corrected chi connectivity index (χ0v) is 11.5. The van der Waals surface area contributed by atoms with Crippen molar-refractivity contribution in [1.82, 2.24) is 0 Å². The van der Waals surface area contributed by atoms with E-state index < -0.39 is 0 Å². The quantitative estimate of drug-likeness (QED) is 0.897. The summed E-state index contributed by atoms with van der Waals surface area (Å²) < 4.78 is 14.4. The highest BCUT2D eigenvalue weighted by molar-refractivity contribution is 9.10. The van der Waals surface area contributed by atoms with Crippen molar-refractivity contribution in [3.8, 4) is 0 Å². The molecule has 0 saturated heterocycles. The summed E-state index contributed by atoms with van der Waals surface area (Å²) >= 11 is 3.23. The first-order valence-corrected chi connectivity index (χ1v) is 6.18. The average Bonchev–Trinajstić information content (AvgIpc) is 2.14. The smallest absolute Gasteiger partial charge is 0.127 e. The van der Waals surface area contributed by atoms with E-state index in [4.69, 9.17) is 0 Å². The molecule has 0 amide bonds. The van der Waals surface area contributed by atoms with E-state index in [1.807, 2.05) is 6.07 Å². The van der Waals surface area contributed by atoms with Crippen LogP contribution in [0.2, 0.25) is 0 Å². The van der Waals surface area contributed by atoms with Crippen LogP contribution in [0.4, 0.5) is 4.39 Å². The van der Waals surface area contributed by atoms with E-state index in [1.54, 1.807) is 6.07 Å². The molecule has 0 bridgehead atoms. The highest BCUT2D eigenvalue weighted by atomic mass is 79.9. The van der Waals surface area contributed by atoms with Crippen molar-refractivity contribution in [2.24, 2.45) is 11.3 Å². The van der Waals surface area contributed by atoms with Gasteiger partial charge in [0, 0.05) is 11.1 Å². The van der Waals surface area contributed by atoms with E-state index in [9.17, 15) is 9.50 Å². The highest BCUT2D eigenvalue weighted by Crippen LogP contribution is 2.29. The van der Waals surface area contributed by atoms with Gasteiger partial charge in [0.25, 0.3) is 0 Å². The average molecular weight is 289 g/mol. The minimum absolute atomic E-state index is 0.0196. The second-order valence-electron chi connectivity index (χ2n) is 5.19. The lowest BCUT2D eigenvalue weighted by Crippen LogP contribution is -2.26. The first-order chi connectivity index (χ1) is 7.34. The van der Waals surface area contributed by atoms with Gasteiger partial charge in [-0.2, -0.15) is 0 Å². The molecule has 0 aliphatic rings. The molecule has 0 aromatic heterocycles. The van der Waals surface area contributed by atoms with Gasteiger partial charge in [0.05, 0.1) is 0 Å². The molecule has 1 aromatic carbocycles. The lowest BCUT2D eigenvalue weighted by atomic mass is 9.78. The summed E-state index contributed by atoms with van der Waals surface area (Å²) in [5, 5.41) is 9.34. The Balaban J connectivity index is 2.86. The number of aliphatic hydroxyl groups excluding tert-OH is 1. The molecule has 3 heteroatoms. The Morgan fingerprint density at radius 1 is 1.38 bits per heavy atom. The van der Waals surface area contributed by atoms with E-state index in [2.05, 4.69) is 36.7 Å². The van der Waals surface area contributed by atoms with Crippen molar-refractivity contribution in [3.05, 3.63) is 34.1 Å². The van der Waals surface area contributed by atoms with Crippen LogP contribution < -0.4 is 0 Å². The van der Waals surface area contributed by atoms with Gasteiger partial charge < -0.3 is 5.11 Å². The SMILES string of the molecule is CC(C)(C)C(CO)Cc1ccc(Br)cc1F. The predicted octanol–water partition coefficient (Wildman–Crippen LogP) is 3.79. The lowest BCUT2D eigenvalue weighted by Gasteiger charge is -2.29. The van der Waals surface area contributed by atoms with Crippen molar-refractivity contribution in [2.75, 3.05) is 6.61 Å². The molecule has 0 aliphatic heterocycles. The molecule has 1 nitrogen and oxygen atoms in total. The van der Waals surface area contributed by atoms with Crippen molar-refractivity contribution < 1.29 is 9.50 Å². The molecule has 1 N–H and O–H groups in total. The molecule has 0 fully saturated rings. The van der Waals surface area contributed by atoms with Crippen LogP contribution in [0, 0.1) is 17.2 Å². The Kier molecular flexibility index (Phi) is 4.51. The third-order valence-corrected chi connectivity index (χ3v) is 3.42. The minimum atomic E-state index is -0.211. The standard InChI is InChI=1S/C13H18BrFO/c1-13(2,3)10(8-16)6-9-4-5-11(14)7-12(9)15/h4-5,7,10,16H,6,8H2,1-3H3. The monoisotopic (exact) mass is 288 g/mol. The van der Waals surface area contributed by atoms with Gasteiger partial charge in [0.15, 0.2) is 0 Å². The number of halogens is 2. The molecule has 0 heterocycles. The molecule has 0 spiro atoms. The fourth-order valence-electron chi connectivity index (χ4n) is 1.60. The summed E-state index contributed by atoms with van der Waals surface area (Å²) in [6.45, 7) is 6.26. The van der Waals surface area contributed by atoms with Gasteiger partial charge in [-0.3, -0.25) is 0 Å². The maximum absolute atomic E-state index is 13.6. The van der Waals surface area contributed by atoms with Gasteiger partial charge in [0.1, 0.15) is 5.82 Å². The van der Waals surface area contributed by atoms with E-state index in [1.165, 1.54) is 6.07 Å². The van der Waals surface area contributed by atoms with Gasteiger partial charge in [0.2, 0.25) is 0 Å². The lowest BCUT2D eigenvalue weighted by molar-refractivity contribution is 0.130. The number of hydrogen-bond acceptors (Lipinski definition) is 1. The Bertz CT molecular complexity index is 357. The van der Waals surface area contributed by atoms with Gasteiger partial charge in [-0.1, -0.05) is 42.8 Å². The number of aliphatic hydroxyl groups is 1. The van der Waals surface area contributed by atoms with Crippen LogP contribution in [0.5, 0.6) is 0 Å². The maximum Gasteiger partial charge on any atom is 0.127 e. The zero-order valence-electron chi connectivity index (χ0n) is 9.93. The summed E-state index contributed by atoms with van der Waals surface area (Å²) in [5.74, 6) is -0.139. The largest absolute Gasteiger partial charge is 0.396 e. The molecule has 1 unspecified atom stereocenters. The first kappa shape index (κ1) is 13.7. The van der Waals surface area contributed by atoms with Gasteiger partial charge in [-0.05, 0) is 35.4 Å². The molecule has 90 valence electrons. The maximum atomic E-state index is 13.6. The molecule has 0 aliphatic carbocycles. The summed E-state index contributed by atoms with van der Waals surface area (Å²) in [5.41, 5.74) is 0.644. The third kappa shape index (κ3) is 3.56. The number of hydrogen-bond donors (Lipinski definition) is 1. The molecule has 0 saturated carbocycles. The van der Waals surface area contributed by atoms with Crippen LogP contribution >= 0.6 is 15.9 Å². The summed E-state index contributed by atoms with van der Waals surface area (Å²) in [6, 6.07) is 5.07. The third-order valence-electron chi connectivity index (χ3n) is 2.93. The van der Waals surface area contributed by atoms with Crippen molar-refractivity contribution >= 4 is 15.9 Å². The normalized spacial score (nSPS) is 13.9. The van der Waals surface area contributed by atoms with Gasteiger partial charge in [-0.15, -0.1) is 0 Å². The van der Waals surface area contributed by atoms with E-state index in [0.29, 0.717) is 12.0 Å². The molecule has 1 atom stereocenters. The zero-order chi connectivity index (χ0) is 12.3. The van der Waals surface area contributed by atoms with E-state index in [-0.39, 0.29) is 23.8 Å². The Hall–Kier alpha value is -0.410. The van der Waals surface area contributed by atoms with Crippen LogP contribution in [0.1, 0.15) is 26.3 Å². The van der Waals surface area contributed by atoms with E-state index >= 15 is 0 Å². The van der Waals surface area contributed by atoms with Gasteiger partial charge in [-0.25, -0.2) is 4.39 Å². The van der Waals surface area contributed by atoms with Crippen molar-refractivity contribution in [3.63, 3.8) is 0 Å². The number of benzene rings is 1. The summed E-state index contributed by atoms with van der Waals surface area (Å²) in [4.78, 5) is 0. The summed E-state index contributed by atoms with van der Waals surface area (Å²) in [7, 11) is 0. The van der Waals surface area contributed by atoms with E-state index in [0.717, 1.165) is 4.47 Å². The molecular weight excluding hydrogens is 271 g/mol. The molecular formula is C13H18BrFO. The molecule has 1 rings (SSSR count). The Morgan fingerprint density at radius 3 is 2.44 bits per heavy atom. The predicted molar refractivity (Wildman–Crippen MR) is 67.8 cm³/mol. The van der Waals surface area contributed by atoms with Crippen LogP contribution in [-0.2, 0) is 6.42 Å². The fourth-order valence-corrected chi connectivity index (χ4v) is 1.93. The summed E-state index contributed by atoms with van der Waals surface area (Å²) in [6.07, 6.45) is 0.569. The minimum Gasteiger partial charge on any atom is -0.396 e. The van der Waals surface area contributed by atoms with Crippen LogP contribution in [0.15, 0.2) is 22.7 Å². The first-order valence-electron chi connectivity index (χ1n) is 5.39. The number of rotatable bonds is 3. The van der Waals surface area contributed by atoms with Gasteiger partial charge >= 0.3 is 0 Å². The topological polar surface area (TPSA) is 20.2 Å². The highest BCUT2D eigenvalue weighted by Gasteiger charge is 2.24. The van der Waals surface area contributed by atoms with Crippen molar-refractivity contribution in [2.45, 2.75) is 27.2 Å². The molecule has 1 aromatic rings. The fraction of sp³-hybridized carbons (Fsp3) is 0.538. The Morgan fingerprint density at radius 2 is 2.00 bits per heavy atom. The van der Waals surface area contributed by atoms with Crippen LogP contribution in [0.25, 0.3) is 0 Å². The second kappa shape index (κ2) is 5.28. The second-order valence-corrected chi connectivity index (χ2v) is 6.10.